The Kier molecular flexibility index (Phi) is 5.29. The van der Waals surface area contributed by atoms with E-state index in [0.29, 0.717) is 5.56 Å². The van der Waals surface area contributed by atoms with Crippen LogP contribution >= 0.6 is 11.8 Å². The molecule has 0 fully saturated rings. The Bertz CT molecular complexity index is 847. The molecule has 0 radical (unpaired) electrons. The first kappa shape index (κ1) is 18.8. The summed E-state index contributed by atoms with van der Waals surface area (Å²) in [7, 11) is 0. The van der Waals surface area contributed by atoms with Crippen molar-refractivity contribution in [3.8, 4) is 0 Å². The summed E-state index contributed by atoms with van der Waals surface area (Å²) in [5.74, 6) is 1.01. The third kappa shape index (κ3) is 4.04. The maximum atomic E-state index is 11.0. The summed E-state index contributed by atoms with van der Waals surface area (Å²) in [6, 6.07) is 13.8. The van der Waals surface area contributed by atoms with Gasteiger partial charge in [0.05, 0.1) is 5.56 Å². The number of aromatic carboxylic acids is 1. The Morgan fingerprint density at radius 2 is 1.81 bits per heavy atom. The molecule has 1 unspecified atom stereocenters. The van der Waals surface area contributed by atoms with Gasteiger partial charge in [0.15, 0.2) is 0 Å². The van der Waals surface area contributed by atoms with E-state index in [4.69, 9.17) is 5.11 Å². The first-order valence-corrected chi connectivity index (χ1v) is 10.0. The highest BCUT2D eigenvalue weighted by Crippen LogP contribution is 2.43. The molecule has 2 nitrogen and oxygen atoms in total. The predicted molar refractivity (Wildman–Crippen MR) is 111 cm³/mol. The van der Waals surface area contributed by atoms with Crippen molar-refractivity contribution in [1.82, 2.24) is 0 Å². The Hall–Kier alpha value is -2.00. The van der Waals surface area contributed by atoms with Crippen LogP contribution in [-0.4, -0.2) is 16.8 Å². The predicted octanol–water partition coefficient (Wildman–Crippen LogP) is 6.35. The molecule has 3 rings (SSSR count). The molecule has 2 aromatic rings. The molecule has 0 amide bonds. The second-order valence-electron chi connectivity index (χ2n) is 7.97. The fraction of sp³-hybridized carbons (Fsp3) is 0.348. The molecular formula is C23H26O2S. The molecule has 0 aromatic heterocycles. The summed E-state index contributed by atoms with van der Waals surface area (Å²) in [5, 5.41) is 9.02. The van der Waals surface area contributed by atoms with E-state index >= 15 is 0 Å². The van der Waals surface area contributed by atoms with Crippen LogP contribution < -0.4 is 0 Å². The van der Waals surface area contributed by atoms with Gasteiger partial charge in [-0.3, -0.25) is 0 Å². The van der Waals surface area contributed by atoms with Crippen LogP contribution in [0.4, 0.5) is 0 Å². The van der Waals surface area contributed by atoms with E-state index in [0.717, 1.165) is 11.5 Å². The van der Waals surface area contributed by atoms with Gasteiger partial charge in [-0.25, -0.2) is 4.79 Å². The lowest BCUT2D eigenvalue weighted by Gasteiger charge is -2.27. The highest BCUT2D eigenvalue weighted by atomic mass is 32.2. The SMILES string of the molecule is C/C(=C\c1ccc(C(=O)O)cc1)c1ccc2c(c1)C(C)(C)CC(C)CS2. The van der Waals surface area contributed by atoms with Crippen molar-refractivity contribution in [1.29, 1.82) is 0 Å². The molecule has 3 heteroatoms. The number of carbonyl (C=O) groups is 1. The van der Waals surface area contributed by atoms with Crippen LogP contribution in [0.5, 0.6) is 0 Å². The van der Waals surface area contributed by atoms with Gasteiger partial charge < -0.3 is 5.11 Å². The van der Waals surface area contributed by atoms with E-state index in [-0.39, 0.29) is 5.41 Å². The lowest BCUT2D eigenvalue weighted by Crippen LogP contribution is -2.20. The van der Waals surface area contributed by atoms with Gasteiger partial charge in [-0.2, -0.15) is 0 Å². The van der Waals surface area contributed by atoms with Crippen LogP contribution in [0.2, 0.25) is 0 Å². The van der Waals surface area contributed by atoms with Crippen LogP contribution in [0.3, 0.4) is 0 Å². The molecule has 0 saturated heterocycles. The fourth-order valence-electron chi connectivity index (χ4n) is 3.76. The van der Waals surface area contributed by atoms with Crippen LogP contribution in [0, 0.1) is 5.92 Å². The Labute approximate surface area is 160 Å². The molecule has 1 atom stereocenters. The number of hydrogen-bond acceptors (Lipinski definition) is 2. The molecule has 0 saturated carbocycles. The number of rotatable bonds is 3. The van der Waals surface area contributed by atoms with Crippen molar-refractivity contribution in [2.45, 2.75) is 44.4 Å². The topological polar surface area (TPSA) is 37.3 Å². The van der Waals surface area contributed by atoms with Crippen molar-refractivity contribution in [3.05, 3.63) is 64.7 Å². The third-order valence-electron chi connectivity index (χ3n) is 5.09. The van der Waals surface area contributed by atoms with Gasteiger partial charge in [0.25, 0.3) is 0 Å². The van der Waals surface area contributed by atoms with Gasteiger partial charge in [0.1, 0.15) is 0 Å². The van der Waals surface area contributed by atoms with Crippen LogP contribution in [0.1, 0.15) is 61.2 Å². The maximum absolute atomic E-state index is 11.0. The molecule has 0 spiro atoms. The third-order valence-corrected chi connectivity index (χ3v) is 6.49. The van der Waals surface area contributed by atoms with Crippen molar-refractivity contribution >= 4 is 29.4 Å². The number of carboxylic acid groups (broad SMARTS) is 1. The van der Waals surface area contributed by atoms with E-state index in [1.165, 1.54) is 33.8 Å². The molecule has 1 aliphatic heterocycles. The minimum absolute atomic E-state index is 0.178. The number of allylic oxidation sites excluding steroid dienone is 1. The number of benzene rings is 2. The lowest BCUT2D eigenvalue weighted by atomic mass is 9.77. The number of hydrogen-bond donors (Lipinski definition) is 1. The Morgan fingerprint density at radius 3 is 2.46 bits per heavy atom. The highest BCUT2D eigenvalue weighted by Gasteiger charge is 2.29. The Morgan fingerprint density at radius 1 is 1.15 bits per heavy atom. The summed E-state index contributed by atoms with van der Waals surface area (Å²) in [6.07, 6.45) is 3.32. The smallest absolute Gasteiger partial charge is 0.335 e. The fourth-order valence-corrected chi connectivity index (χ4v) is 4.99. The normalized spacial score (nSPS) is 19.5. The summed E-state index contributed by atoms with van der Waals surface area (Å²) in [5.41, 5.74) is 5.38. The standard InChI is InChI=1S/C23H26O2S/c1-15-13-23(3,4)20-12-19(9-10-21(20)26-14-15)16(2)11-17-5-7-18(8-6-17)22(24)25/h5-12,15H,13-14H2,1-4H3,(H,24,25)/b16-11+. The van der Waals surface area contributed by atoms with E-state index in [9.17, 15) is 4.79 Å². The second-order valence-corrected chi connectivity index (χ2v) is 9.03. The molecule has 26 heavy (non-hydrogen) atoms. The molecule has 2 aromatic carbocycles. The molecule has 1 heterocycles. The monoisotopic (exact) mass is 366 g/mol. The quantitative estimate of drug-likeness (QED) is 0.643. The molecule has 1 N–H and O–H groups in total. The first-order valence-electron chi connectivity index (χ1n) is 9.05. The van der Waals surface area contributed by atoms with E-state index in [1.54, 1.807) is 12.1 Å². The van der Waals surface area contributed by atoms with E-state index < -0.39 is 5.97 Å². The average molecular weight is 367 g/mol. The zero-order valence-corrected chi connectivity index (χ0v) is 16.7. The summed E-state index contributed by atoms with van der Waals surface area (Å²) in [6.45, 7) is 9.16. The van der Waals surface area contributed by atoms with Crippen molar-refractivity contribution in [3.63, 3.8) is 0 Å². The van der Waals surface area contributed by atoms with Gasteiger partial charge in [-0.05, 0) is 71.2 Å². The van der Waals surface area contributed by atoms with E-state index in [1.807, 2.05) is 23.9 Å². The van der Waals surface area contributed by atoms with Gasteiger partial charge >= 0.3 is 5.97 Å². The first-order chi connectivity index (χ1) is 12.3. The number of carboxylic acids is 1. The van der Waals surface area contributed by atoms with Crippen molar-refractivity contribution < 1.29 is 9.90 Å². The lowest BCUT2D eigenvalue weighted by molar-refractivity contribution is 0.0697. The van der Waals surface area contributed by atoms with Gasteiger partial charge in [-0.15, -0.1) is 11.8 Å². The number of thioether (sulfide) groups is 1. The zero-order chi connectivity index (χ0) is 18.9. The van der Waals surface area contributed by atoms with Gasteiger partial charge in [0, 0.05) is 10.6 Å². The number of fused-ring (bicyclic) bond motifs is 1. The summed E-state index contributed by atoms with van der Waals surface area (Å²) >= 11 is 1.97. The second kappa shape index (κ2) is 7.32. The summed E-state index contributed by atoms with van der Waals surface area (Å²) in [4.78, 5) is 12.4. The molecule has 0 bridgehead atoms. The molecule has 1 aliphatic rings. The maximum Gasteiger partial charge on any atom is 0.335 e. The van der Waals surface area contributed by atoms with Crippen molar-refractivity contribution in [2.75, 3.05) is 5.75 Å². The van der Waals surface area contributed by atoms with Crippen molar-refractivity contribution in [2.24, 2.45) is 5.92 Å². The summed E-state index contributed by atoms with van der Waals surface area (Å²) < 4.78 is 0. The van der Waals surface area contributed by atoms with E-state index in [2.05, 4.69) is 52.0 Å². The van der Waals surface area contributed by atoms with Gasteiger partial charge in [-0.1, -0.05) is 45.0 Å². The minimum Gasteiger partial charge on any atom is -0.478 e. The van der Waals surface area contributed by atoms with Gasteiger partial charge in [0.2, 0.25) is 0 Å². The van der Waals surface area contributed by atoms with Crippen LogP contribution in [-0.2, 0) is 5.41 Å². The highest BCUT2D eigenvalue weighted by molar-refractivity contribution is 7.99. The molecule has 0 aliphatic carbocycles. The van der Waals surface area contributed by atoms with Crippen LogP contribution in [0.15, 0.2) is 47.4 Å². The van der Waals surface area contributed by atoms with Crippen LogP contribution in [0.25, 0.3) is 11.6 Å². The molecular weight excluding hydrogens is 340 g/mol. The molecule has 136 valence electrons. The average Bonchev–Trinajstić information content (AvgIpc) is 2.70. The largest absolute Gasteiger partial charge is 0.478 e. The Balaban J connectivity index is 1.93. The minimum atomic E-state index is -0.892. The zero-order valence-electron chi connectivity index (χ0n) is 15.9.